The number of carbonyl (C=O) groups excluding carboxylic acids is 1. The molecule has 29 heavy (non-hydrogen) atoms. The van der Waals surface area contributed by atoms with Gasteiger partial charge in [-0.3, -0.25) is 9.79 Å². The second kappa shape index (κ2) is 8.45. The highest BCUT2D eigenvalue weighted by Gasteiger charge is 2.38. The smallest absolute Gasteiger partial charge is 0.534 e. The number of hydrogen-bond donors (Lipinski definition) is 3. The minimum absolute atomic E-state index is 0.0196. The van der Waals surface area contributed by atoms with Gasteiger partial charge in [-0.15, -0.1) is 0 Å². The zero-order chi connectivity index (χ0) is 20.4. The molecule has 154 valence electrons. The molecule has 1 saturated carbocycles. The number of hydrogen-bond acceptors (Lipinski definition) is 6. The fourth-order valence-electron chi connectivity index (χ4n) is 4.60. The summed E-state index contributed by atoms with van der Waals surface area (Å²) in [5.41, 5.74) is 0.694. The van der Waals surface area contributed by atoms with Crippen molar-refractivity contribution < 1.29 is 24.4 Å². The van der Waals surface area contributed by atoms with E-state index in [-0.39, 0.29) is 17.2 Å². The topological polar surface area (TPSA) is 111 Å². The van der Waals surface area contributed by atoms with Crippen LogP contribution < -0.4 is 9.97 Å². The number of carbonyl (C=O) groups is 2. The fourth-order valence-corrected chi connectivity index (χ4v) is 4.60. The number of carboxylic acid groups (broad SMARTS) is 1. The van der Waals surface area contributed by atoms with E-state index < -0.39 is 19.0 Å². The van der Waals surface area contributed by atoms with Gasteiger partial charge in [0.1, 0.15) is 5.75 Å². The molecule has 0 bridgehead atoms. The van der Waals surface area contributed by atoms with Crippen molar-refractivity contribution in [3.05, 3.63) is 29.3 Å². The van der Waals surface area contributed by atoms with E-state index >= 15 is 0 Å². The molecule has 8 nitrogen and oxygen atoms in total. The van der Waals surface area contributed by atoms with Gasteiger partial charge in [0.15, 0.2) is 0 Å². The van der Waals surface area contributed by atoms with Gasteiger partial charge < -0.3 is 25.0 Å². The van der Waals surface area contributed by atoms with Crippen LogP contribution in [0.2, 0.25) is 0 Å². The van der Waals surface area contributed by atoms with E-state index in [0.29, 0.717) is 30.4 Å². The normalized spacial score (nSPS) is 26.0. The maximum absolute atomic E-state index is 12.5. The molecule has 3 N–H and O–H groups in total. The lowest BCUT2D eigenvalue weighted by Gasteiger charge is -2.34. The Morgan fingerprint density at radius 2 is 2.07 bits per heavy atom. The number of rotatable bonds is 5. The van der Waals surface area contributed by atoms with E-state index in [2.05, 4.69) is 15.2 Å². The number of nitrogens with zero attached hydrogens (tertiary/aromatic N) is 2. The second-order valence-corrected chi connectivity index (χ2v) is 8.12. The maximum atomic E-state index is 12.5. The van der Waals surface area contributed by atoms with E-state index in [4.69, 9.17) is 4.65 Å². The van der Waals surface area contributed by atoms with Crippen molar-refractivity contribution in [1.29, 1.82) is 0 Å². The highest BCUT2D eigenvalue weighted by molar-refractivity contribution is 6.47. The van der Waals surface area contributed by atoms with Crippen LogP contribution in [-0.4, -0.2) is 65.4 Å². The van der Waals surface area contributed by atoms with Crippen LogP contribution in [0.1, 0.15) is 48.0 Å². The summed E-state index contributed by atoms with van der Waals surface area (Å²) in [5.74, 6) is -1.26. The SMILES string of the molecule is O=C(CC1CCC(N2C=NCC2)CC1)NC1Cc2cccc(C(=O)O)c2OB1O. The monoisotopic (exact) mass is 399 g/mol. The van der Waals surface area contributed by atoms with Crippen LogP contribution in [0.5, 0.6) is 5.75 Å². The van der Waals surface area contributed by atoms with E-state index in [0.717, 1.165) is 38.8 Å². The first-order valence-corrected chi connectivity index (χ1v) is 10.3. The minimum atomic E-state index is -1.27. The van der Waals surface area contributed by atoms with E-state index in [1.165, 1.54) is 6.07 Å². The highest BCUT2D eigenvalue weighted by atomic mass is 16.5. The van der Waals surface area contributed by atoms with E-state index in [1.807, 2.05) is 6.34 Å². The van der Waals surface area contributed by atoms with Crippen molar-refractivity contribution in [2.45, 2.75) is 50.5 Å². The van der Waals surface area contributed by atoms with Crippen molar-refractivity contribution in [3.8, 4) is 5.75 Å². The van der Waals surface area contributed by atoms with Gasteiger partial charge in [0.2, 0.25) is 5.91 Å². The number of amides is 1. The first-order chi connectivity index (χ1) is 14.0. The second-order valence-electron chi connectivity index (χ2n) is 8.12. The van der Waals surface area contributed by atoms with Crippen molar-refractivity contribution in [3.63, 3.8) is 0 Å². The minimum Gasteiger partial charge on any atom is -0.534 e. The van der Waals surface area contributed by atoms with E-state index in [9.17, 15) is 19.7 Å². The quantitative estimate of drug-likeness (QED) is 0.640. The molecule has 1 amide bonds. The van der Waals surface area contributed by atoms with Gasteiger partial charge >= 0.3 is 13.1 Å². The molecule has 1 aromatic rings. The molecule has 0 aromatic heterocycles. The molecule has 2 aliphatic heterocycles. The van der Waals surface area contributed by atoms with Gasteiger partial charge in [0.05, 0.1) is 24.4 Å². The Labute approximate surface area is 170 Å². The van der Waals surface area contributed by atoms with Crippen molar-refractivity contribution in [2.75, 3.05) is 13.1 Å². The molecular formula is C20H26BN3O5. The van der Waals surface area contributed by atoms with Crippen LogP contribution in [-0.2, 0) is 11.2 Å². The Morgan fingerprint density at radius 3 is 2.76 bits per heavy atom. The predicted molar refractivity (Wildman–Crippen MR) is 108 cm³/mol. The zero-order valence-electron chi connectivity index (χ0n) is 16.3. The molecule has 1 fully saturated rings. The molecule has 1 atom stereocenters. The van der Waals surface area contributed by atoms with Crippen LogP contribution in [0.4, 0.5) is 0 Å². The van der Waals surface area contributed by atoms with Gasteiger partial charge in [0, 0.05) is 19.0 Å². The lowest BCUT2D eigenvalue weighted by atomic mass is 9.72. The molecule has 0 saturated heterocycles. The van der Waals surface area contributed by atoms with Crippen molar-refractivity contribution >= 4 is 25.3 Å². The predicted octanol–water partition coefficient (Wildman–Crippen LogP) is 1.12. The Morgan fingerprint density at radius 1 is 1.28 bits per heavy atom. The summed E-state index contributed by atoms with van der Waals surface area (Å²) < 4.78 is 5.44. The summed E-state index contributed by atoms with van der Waals surface area (Å²) in [4.78, 5) is 30.5. The Hall–Kier alpha value is -2.55. The lowest BCUT2D eigenvalue weighted by Crippen LogP contribution is -2.53. The molecule has 0 radical (unpaired) electrons. The third-order valence-electron chi connectivity index (χ3n) is 6.17. The van der Waals surface area contributed by atoms with E-state index in [1.54, 1.807) is 12.1 Å². The average Bonchev–Trinajstić information content (AvgIpc) is 3.23. The number of aliphatic imine (C=N–C) groups is 1. The largest absolute Gasteiger partial charge is 0.547 e. The molecule has 0 spiro atoms. The summed E-state index contributed by atoms with van der Waals surface area (Å²) in [6.07, 6.45) is 6.90. The molecule has 1 unspecified atom stereocenters. The number of aromatic carboxylic acids is 1. The summed E-state index contributed by atoms with van der Waals surface area (Å²) in [6.45, 7) is 1.88. The zero-order valence-corrected chi connectivity index (χ0v) is 16.3. The third kappa shape index (κ3) is 4.39. The van der Waals surface area contributed by atoms with Crippen LogP contribution in [0, 0.1) is 5.92 Å². The summed E-state index contributed by atoms with van der Waals surface area (Å²) in [7, 11) is -1.27. The lowest BCUT2D eigenvalue weighted by molar-refractivity contribution is -0.122. The molecule has 2 heterocycles. The van der Waals surface area contributed by atoms with Gasteiger partial charge in [-0.1, -0.05) is 12.1 Å². The number of carboxylic acids is 1. The summed E-state index contributed by atoms with van der Waals surface area (Å²) >= 11 is 0. The Kier molecular flexibility index (Phi) is 5.75. The number of benzene rings is 1. The van der Waals surface area contributed by atoms with Crippen molar-refractivity contribution in [1.82, 2.24) is 10.2 Å². The van der Waals surface area contributed by atoms with Gasteiger partial charge in [0.25, 0.3) is 0 Å². The molecule has 4 rings (SSSR count). The molecule has 1 aromatic carbocycles. The fraction of sp³-hybridized carbons (Fsp3) is 0.550. The summed E-state index contributed by atoms with van der Waals surface area (Å²) in [6, 6.07) is 5.38. The van der Waals surface area contributed by atoms with Gasteiger partial charge in [-0.05, 0) is 49.7 Å². The molecular weight excluding hydrogens is 373 g/mol. The first kappa shape index (κ1) is 19.8. The van der Waals surface area contributed by atoms with Gasteiger partial charge in [-0.25, -0.2) is 4.79 Å². The highest BCUT2D eigenvalue weighted by Crippen LogP contribution is 2.31. The van der Waals surface area contributed by atoms with Crippen LogP contribution in [0.3, 0.4) is 0 Å². The van der Waals surface area contributed by atoms with Crippen LogP contribution in [0.15, 0.2) is 23.2 Å². The van der Waals surface area contributed by atoms with Crippen LogP contribution in [0.25, 0.3) is 0 Å². The molecule has 3 aliphatic rings. The Bertz CT molecular complexity index is 809. The number of para-hydroxylation sites is 1. The first-order valence-electron chi connectivity index (χ1n) is 10.3. The van der Waals surface area contributed by atoms with Gasteiger partial charge in [-0.2, -0.15) is 0 Å². The Balaban J connectivity index is 1.29. The molecule has 1 aliphatic carbocycles. The molecule has 9 heteroatoms. The number of fused-ring (bicyclic) bond motifs is 1. The average molecular weight is 399 g/mol. The van der Waals surface area contributed by atoms with Crippen molar-refractivity contribution in [2.24, 2.45) is 10.9 Å². The van der Waals surface area contributed by atoms with Crippen LogP contribution >= 0.6 is 0 Å². The number of nitrogens with one attached hydrogen (secondary N) is 1. The standard InChI is InChI=1S/C20H26BN3O5/c25-18(10-13-4-6-15(7-5-13)24-9-8-22-12-24)23-17-11-14-2-1-3-16(20(26)27)19(14)29-21(17)28/h1-3,12-13,15,17,28H,4-11H2,(H,23,25)(H,26,27). The third-order valence-corrected chi connectivity index (χ3v) is 6.17. The maximum Gasteiger partial charge on any atom is 0.547 e. The summed E-state index contributed by atoms with van der Waals surface area (Å²) in [5, 5.41) is 22.4.